The highest BCUT2D eigenvalue weighted by atomic mass is 32.1. The van der Waals surface area contributed by atoms with E-state index in [1.807, 2.05) is 0 Å². The molecule has 0 radical (unpaired) electrons. The molecular weight excluding hydrogens is 226 g/mol. The summed E-state index contributed by atoms with van der Waals surface area (Å²) in [5.41, 5.74) is 1.66. The smallest absolute Gasteiger partial charge is 0.346 e. The predicted molar refractivity (Wildman–Crippen MR) is 59.9 cm³/mol. The third-order valence-electron chi connectivity index (χ3n) is 2.07. The summed E-state index contributed by atoms with van der Waals surface area (Å²) in [6.07, 6.45) is 3.66. The van der Waals surface area contributed by atoms with Gasteiger partial charge in [-0.3, -0.25) is 9.78 Å². The number of thiophene rings is 1. The Bertz CT molecular complexity index is 548. The van der Waals surface area contributed by atoms with Crippen LogP contribution in [0.5, 0.6) is 0 Å². The second-order valence-electron chi connectivity index (χ2n) is 3.09. The Hall–Kier alpha value is -2.01. The highest BCUT2D eigenvalue weighted by Gasteiger charge is 2.13. The minimum atomic E-state index is -0.971. The Labute approximate surface area is 95.2 Å². The summed E-state index contributed by atoms with van der Waals surface area (Å²) in [6, 6.07) is 3.33. The zero-order valence-corrected chi connectivity index (χ0v) is 8.90. The normalized spacial score (nSPS) is 10.0. The van der Waals surface area contributed by atoms with Crippen LogP contribution in [0.3, 0.4) is 0 Å². The van der Waals surface area contributed by atoms with Gasteiger partial charge in [-0.1, -0.05) is 0 Å². The Morgan fingerprint density at radius 1 is 1.44 bits per heavy atom. The van der Waals surface area contributed by atoms with Gasteiger partial charge in [0.2, 0.25) is 0 Å². The van der Waals surface area contributed by atoms with E-state index in [2.05, 4.69) is 4.98 Å². The fourth-order valence-electron chi connectivity index (χ4n) is 1.37. The number of carbonyl (C=O) groups excluding carboxylic acids is 1. The number of carboxylic acids is 1. The van der Waals surface area contributed by atoms with E-state index in [1.54, 1.807) is 23.7 Å². The SMILES string of the molecule is O=Cc1cncc(-c2ccsc2C(=O)O)c1. The molecule has 0 aromatic carbocycles. The molecule has 0 aliphatic rings. The van der Waals surface area contributed by atoms with Gasteiger partial charge in [-0.15, -0.1) is 11.3 Å². The molecule has 5 heteroatoms. The van der Waals surface area contributed by atoms with E-state index in [0.29, 0.717) is 23.0 Å². The van der Waals surface area contributed by atoms with E-state index in [1.165, 1.54) is 6.20 Å². The van der Waals surface area contributed by atoms with E-state index in [-0.39, 0.29) is 4.88 Å². The monoisotopic (exact) mass is 233 g/mol. The van der Waals surface area contributed by atoms with Crippen molar-refractivity contribution in [1.82, 2.24) is 4.98 Å². The number of hydrogen-bond acceptors (Lipinski definition) is 4. The van der Waals surface area contributed by atoms with Crippen molar-refractivity contribution in [3.05, 3.63) is 40.3 Å². The van der Waals surface area contributed by atoms with Gasteiger partial charge in [0, 0.05) is 29.1 Å². The largest absolute Gasteiger partial charge is 0.477 e. The van der Waals surface area contributed by atoms with E-state index in [0.717, 1.165) is 11.3 Å². The maximum Gasteiger partial charge on any atom is 0.346 e. The average Bonchev–Trinajstić information content (AvgIpc) is 2.78. The molecule has 0 unspecified atom stereocenters. The summed E-state index contributed by atoms with van der Waals surface area (Å²) < 4.78 is 0. The zero-order chi connectivity index (χ0) is 11.5. The molecule has 16 heavy (non-hydrogen) atoms. The van der Waals surface area contributed by atoms with Crippen LogP contribution in [-0.2, 0) is 0 Å². The van der Waals surface area contributed by atoms with Crippen LogP contribution < -0.4 is 0 Å². The van der Waals surface area contributed by atoms with Gasteiger partial charge in [0.05, 0.1) is 0 Å². The van der Waals surface area contributed by atoms with Gasteiger partial charge >= 0.3 is 5.97 Å². The molecule has 4 nitrogen and oxygen atoms in total. The lowest BCUT2D eigenvalue weighted by Gasteiger charge is -2.00. The van der Waals surface area contributed by atoms with Crippen molar-refractivity contribution in [2.24, 2.45) is 0 Å². The molecule has 0 fully saturated rings. The molecule has 2 aromatic heterocycles. The summed E-state index contributed by atoms with van der Waals surface area (Å²) in [5, 5.41) is 10.7. The summed E-state index contributed by atoms with van der Waals surface area (Å²) >= 11 is 1.15. The fraction of sp³-hybridized carbons (Fsp3) is 0. The number of pyridine rings is 1. The van der Waals surface area contributed by atoms with E-state index >= 15 is 0 Å². The van der Waals surface area contributed by atoms with Gasteiger partial charge in [-0.2, -0.15) is 0 Å². The molecule has 80 valence electrons. The first-order valence-electron chi connectivity index (χ1n) is 4.44. The van der Waals surface area contributed by atoms with Crippen molar-refractivity contribution < 1.29 is 14.7 Å². The summed E-state index contributed by atoms with van der Waals surface area (Å²) in [6.45, 7) is 0. The third kappa shape index (κ3) is 1.85. The molecule has 0 aliphatic heterocycles. The number of carboxylic acid groups (broad SMARTS) is 1. The molecule has 0 aliphatic carbocycles. The lowest BCUT2D eigenvalue weighted by Crippen LogP contribution is -1.95. The highest BCUT2D eigenvalue weighted by molar-refractivity contribution is 7.12. The minimum absolute atomic E-state index is 0.254. The van der Waals surface area contributed by atoms with Gasteiger partial charge in [0.15, 0.2) is 6.29 Å². The first-order valence-corrected chi connectivity index (χ1v) is 5.31. The van der Waals surface area contributed by atoms with Crippen LogP contribution in [0.15, 0.2) is 29.9 Å². The number of nitrogens with zero attached hydrogens (tertiary/aromatic N) is 1. The van der Waals surface area contributed by atoms with Crippen LogP contribution in [0.25, 0.3) is 11.1 Å². The molecular formula is C11H7NO3S. The van der Waals surface area contributed by atoms with Gasteiger partial charge in [-0.25, -0.2) is 4.79 Å². The third-order valence-corrected chi connectivity index (χ3v) is 2.97. The van der Waals surface area contributed by atoms with E-state index in [9.17, 15) is 9.59 Å². The number of carbonyl (C=O) groups is 2. The summed E-state index contributed by atoms with van der Waals surface area (Å²) in [7, 11) is 0. The van der Waals surface area contributed by atoms with Gasteiger partial charge in [0.1, 0.15) is 4.88 Å². The first kappa shape index (κ1) is 10.5. The zero-order valence-electron chi connectivity index (χ0n) is 8.08. The molecule has 0 bridgehead atoms. The predicted octanol–water partition coefficient (Wildman–Crippen LogP) is 2.32. The maximum absolute atomic E-state index is 10.9. The molecule has 2 rings (SSSR count). The quantitative estimate of drug-likeness (QED) is 0.826. The van der Waals surface area contributed by atoms with Crippen LogP contribution >= 0.6 is 11.3 Å². The number of aldehydes is 1. The highest BCUT2D eigenvalue weighted by Crippen LogP contribution is 2.28. The Balaban J connectivity index is 2.54. The molecule has 0 saturated heterocycles. The van der Waals surface area contributed by atoms with Crippen molar-refractivity contribution in [3.8, 4) is 11.1 Å². The molecule has 2 aromatic rings. The minimum Gasteiger partial charge on any atom is -0.477 e. The Morgan fingerprint density at radius 3 is 2.94 bits per heavy atom. The van der Waals surface area contributed by atoms with Crippen molar-refractivity contribution in [2.45, 2.75) is 0 Å². The van der Waals surface area contributed by atoms with Crippen molar-refractivity contribution >= 4 is 23.6 Å². The Morgan fingerprint density at radius 2 is 2.25 bits per heavy atom. The average molecular weight is 233 g/mol. The van der Waals surface area contributed by atoms with Gasteiger partial charge < -0.3 is 5.11 Å². The van der Waals surface area contributed by atoms with Crippen molar-refractivity contribution in [1.29, 1.82) is 0 Å². The molecule has 0 spiro atoms. The number of aromatic nitrogens is 1. The Kier molecular flexibility index (Phi) is 2.78. The number of hydrogen-bond donors (Lipinski definition) is 1. The molecule has 0 atom stereocenters. The van der Waals surface area contributed by atoms with Gasteiger partial charge in [-0.05, 0) is 17.5 Å². The fourth-order valence-corrected chi connectivity index (χ4v) is 2.13. The van der Waals surface area contributed by atoms with Crippen LogP contribution in [0.1, 0.15) is 20.0 Å². The lowest BCUT2D eigenvalue weighted by atomic mass is 10.1. The van der Waals surface area contributed by atoms with E-state index < -0.39 is 5.97 Å². The molecule has 0 saturated carbocycles. The van der Waals surface area contributed by atoms with Crippen molar-refractivity contribution in [2.75, 3.05) is 0 Å². The van der Waals surface area contributed by atoms with Crippen LogP contribution in [0.2, 0.25) is 0 Å². The summed E-state index contributed by atoms with van der Waals surface area (Å²) in [5.74, 6) is -0.971. The lowest BCUT2D eigenvalue weighted by molar-refractivity contribution is 0.0703. The number of rotatable bonds is 3. The molecule has 2 heterocycles. The standard InChI is InChI=1S/C11H7NO3S/c13-6-7-3-8(5-12-4-7)9-1-2-16-10(9)11(14)15/h1-6H,(H,14,15). The second kappa shape index (κ2) is 4.24. The second-order valence-corrected chi connectivity index (χ2v) is 4.01. The van der Waals surface area contributed by atoms with Crippen molar-refractivity contribution in [3.63, 3.8) is 0 Å². The topological polar surface area (TPSA) is 67.3 Å². The molecule has 1 N–H and O–H groups in total. The number of aromatic carboxylic acids is 1. The first-order chi connectivity index (χ1) is 7.72. The summed E-state index contributed by atoms with van der Waals surface area (Å²) in [4.78, 5) is 25.7. The van der Waals surface area contributed by atoms with Crippen LogP contribution in [-0.4, -0.2) is 22.3 Å². The van der Waals surface area contributed by atoms with E-state index in [4.69, 9.17) is 5.11 Å². The maximum atomic E-state index is 10.9. The van der Waals surface area contributed by atoms with Gasteiger partial charge in [0.25, 0.3) is 0 Å². The molecule has 0 amide bonds. The van der Waals surface area contributed by atoms with Crippen LogP contribution in [0, 0.1) is 0 Å². The van der Waals surface area contributed by atoms with Crippen LogP contribution in [0.4, 0.5) is 0 Å².